The van der Waals surface area contributed by atoms with Crippen LogP contribution >= 0.6 is 24.0 Å². The van der Waals surface area contributed by atoms with Crippen molar-refractivity contribution >= 4 is 40.6 Å². The summed E-state index contributed by atoms with van der Waals surface area (Å²) in [6.07, 6.45) is 0. The fraction of sp³-hybridized carbons (Fsp3) is 0.333. The number of carbonyl (C=O) groups excluding carboxylic acids is 1. The molecule has 0 spiro atoms. The summed E-state index contributed by atoms with van der Waals surface area (Å²) >= 11 is 6.16. The van der Waals surface area contributed by atoms with Gasteiger partial charge in [0.05, 0.1) is 10.7 Å². The van der Waals surface area contributed by atoms with E-state index < -0.39 is 0 Å². The molecule has 0 radical (unpaired) electrons. The van der Waals surface area contributed by atoms with E-state index in [1.807, 2.05) is 32.0 Å². The minimum atomic E-state index is -0.0278. The maximum Gasteiger partial charge on any atom is 0.234 e. The molecule has 0 bridgehead atoms. The van der Waals surface area contributed by atoms with Gasteiger partial charge in [0.1, 0.15) is 0 Å². The standard InChI is InChI=1S/C12H16N2OS2/c1-8-4-3-5-10(9(8)2)14-12(15)7-17-6-11(13)16/h3-5H,6-7H2,1-2H3,(H2,13,16)(H,14,15). The molecule has 3 nitrogen and oxygen atoms in total. The highest BCUT2D eigenvalue weighted by Gasteiger charge is 2.06. The van der Waals surface area contributed by atoms with Gasteiger partial charge < -0.3 is 11.1 Å². The Balaban J connectivity index is 2.51. The van der Waals surface area contributed by atoms with Crippen LogP contribution in [0.2, 0.25) is 0 Å². The molecule has 1 rings (SSSR count). The second kappa shape index (κ2) is 6.61. The molecule has 1 amide bonds. The molecule has 0 aliphatic heterocycles. The molecule has 1 aromatic carbocycles. The highest BCUT2D eigenvalue weighted by Crippen LogP contribution is 2.18. The van der Waals surface area contributed by atoms with Crippen molar-refractivity contribution in [3.63, 3.8) is 0 Å². The molecule has 0 aliphatic carbocycles. The SMILES string of the molecule is Cc1cccc(NC(=O)CSCC(N)=S)c1C. The zero-order valence-corrected chi connectivity index (χ0v) is 11.6. The number of hydrogen-bond donors (Lipinski definition) is 2. The minimum Gasteiger partial charge on any atom is -0.393 e. The molecule has 0 aromatic heterocycles. The Morgan fingerprint density at radius 3 is 2.76 bits per heavy atom. The number of aryl methyl sites for hydroxylation is 1. The molecule has 0 unspecified atom stereocenters. The zero-order chi connectivity index (χ0) is 12.8. The lowest BCUT2D eigenvalue weighted by Gasteiger charge is -2.09. The van der Waals surface area contributed by atoms with Crippen LogP contribution in [-0.4, -0.2) is 22.4 Å². The van der Waals surface area contributed by atoms with Crippen molar-refractivity contribution < 1.29 is 4.79 Å². The van der Waals surface area contributed by atoms with Gasteiger partial charge in [-0.3, -0.25) is 4.79 Å². The Labute approximate surface area is 111 Å². The largest absolute Gasteiger partial charge is 0.393 e. The minimum absolute atomic E-state index is 0.0278. The van der Waals surface area contributed by atoms with Crippen molar-refractivity contribution in [3.8, 4) is 0 Å². The van der Waals surface area contributed by atoms with Gasteiger partial charge in [-0.05, 0) is 31.0 Å². The van der Waals surface area contributed by atoms with Gasteiger partial charge in [-0.2, -0.15) is 0 Å². The van der Waals surface area contributed by atoms with Crippen LogP contribution in [0.3, 0.4) is 0 Å². The second-order valence-electron chi connectivity index (χ2n) is 3.75. The summed E-state index contributed by atoms with van der Waals surface area (Å²) in [5, 5.41) is 2.88. The first kappa shape index (κ1) is 14.0. The monoisotopic (exact) mass is 268 g/mol. The molecule has 0 atom stereocenters. The molecule has 0 saturated heterocycles. The number of hydrogen-bond acceptors (Lipinski definition) is 3. The number of anilines is 1. The smallest absolute Gasteiger partial charge is 0.234 e. The molecule has 3 N–H and O–H groups in total. The van der Waals surface area contributed by atoms with Gasteiger partial charge >= 0.3 is 0 Å². The van der Waals surface area contributed by atoms with E-state index in [0.29, 0.717) is 16.5 Å². The summed E-state index contributed by atoms with van der Waals surface area (Å²) in [6.45, 7) is 4.01. The van der Waals surface area contributed by atoms with Crippen molar-refractivity contribution in [1.29, 1.82) is 0 Å². The van der Waals surface area contributed by atoms with Gasteiger partial charge in [0.15, 0.2) is 0 Å². The van der Waals surface area contributed by atoms with Crippen molar-refractivity contribution in [2.24, 2.45) is 5.73 Å². The van der Waals surface area contributed by atoms with Gasteiger partial charge in [-0.1, -0.05) is 24.4 Å². The van der Waals surface area contributed by atoms with Crippen LogP contribution in [0.5, 0.6) is 0 Å². The number of thioether (sulfide) groups is 1. The van der Waals surface area contributed by atoms with Crippen LogP contribution in [-0.2, 0) is 4.79 Å². The fourth-order valence-electron chi connectivity index (χ4n) is 1.32. The van der Waals surface area contributed by atoms with Gasteiger partial charge in [-0.15, -0.1) is 11.8 Å². The number of rotatable bonds is 5. The number of nitrogens with one attached hydrogen (secondary N) is 1. The molecular formula is C12H16N2OS2. The van der Waals surface area contributed by atoms with E-state index >= 15 is 0 Å². The van der Waals surface area contributed by atoms with Crippen LogP contribution in [0.25, 0.3) is 0 Å². The summed E-state index contributed by atoms with van der Waals surface area (Å²) in [6, 6.07) is 5.85. The molecule has 92 valence electrons. The Kier molecular flexibility index (Phi) is 5.44. The summed E-state index contributed by atoms with van der Waals surface area (Å²) < 4.78 is 0. The van der Waals surface area contributed by atoms with E-state index in [1.54, 1.807) is 0 Å². The van der Waals surface area contributed by atoms with E-state index in [-0.39, 0.29) is 5.91 Å². The lowest BCUT2D eigenvalue weighted by molar-refractivity contribution is -0.113. The first-order chi connectivity index (χ1) is 8.00. The van der Waals surface area contributed by atoms with Crippen molar-refractivity contribution in [2.75, 3.05) is 16.8 Å². The first-order valence-electron chi connectivity index (χ1n) is 5.23. The van der Waals surface area contributed by atoms with E-state index in [2.05, 4.69) is 5.32 Å². The molecular weight excluding hydrogens is 252 g/mol. The van der Waals surface area contributed by atoms with Crippen LogP contribution in [0.4, 0.5) is 5.69 Å². The summed E-state index contributed by atoms with van der Waals surface area (Å²) in [5.74, 6) is 0.875. The third-order valence-electron chi connectivity index (χ3n) is 2.36. The highest BCUT2D eigenvalue weighted by molar-refractivity contribution is 8.01. The average molecular weight is 268 g/mol. The number of nitrogens with two attached hydrogens (primary N) is 1. The second-order valence-corrected chi connectivity index (χ2v) is 5.26. The Morgan fingerprint density at radius 1 is 1.41 bits per heavy atom. The van der Waals surface area contributed by atoms with Gasteiger partial charge in [0, 0.05) is 11.4 Å². The van der Waals surface area contributed by atoms with Gasteiger partial charge in [0.25, 0.3) is 0 Å². The lowest BCUT2D eigenvalue weighted by atomic mass is 10.1. The molecule has 0 aliphatic rings. The Hall–Kier alpha value is -1.07. The Bertz CT molecular complexity index is 433. The fourth-order valence-corrected chi connectivity index (χ4v) is 2.13. The molecule has 0 saturated carbocycles. The third kappa shape index (κ3) is 4.75. The van der Waals surface area contributed by atoms with Gasteiger partial charge in [0.2, 0.25) is 5.91 Å². The maximum atomic E-state index is 11.6. The van der Waals surface area contributed by atoms with Crippen molar-refractivity contribution in [3.05, 3.63) is 29.3 Å². The molecule has 17 heavy (non-hydrogen) atoms. The number of carbonyl (C=O) groups is 1. The van der Waals surface area contributed by atoms with E-state index in [1.165, 1.54) is 17.3 Å². The van der Waals surface area contributed by atoms with Crippen LogP contribution in [0, 0.1) is 13.8 Å². The highest BCUT2D eigenvalue weighted by atomic mass is 32.2. The Morgan fingerprint density at radius 2 is 2.12 bits per heavy atom. The van der Waals surface area contributed by atoms with Crippen molar-refractivity contribution in [1.82, 2.24) is 0 Å². The van der Waals surface area contributed by atoms with Gasteiger partial charge in [-0.25, -0.2) is 0 Å². The quantitative estimate of drug-likeness (QED) is 0.804. The summed E-state index contributed by atoms with van der Waals surface area (Å²) in [4.78, 5) is 12.1. The van der Waals surface area contributed by atoms with Crippen LogP contribution in [0.15, 0.2) is 18.2 Å². The van der Waals surface area contributed by atoms with E-state index in [4.69, 9.17) is 18.0 Å². The predicted octanol–water partition coefficient (Wildman–Crippen LogP) is 2.26. The molecule has 0 heterocycles. The molecule has 1 aromatic rings. The van der Waals surface area contributed by atoms with Crippen LogP contribution in [0.1, 0.15) is 11.1 Å². The van der Waals surface area contributed by atoms with E-state index in [9.17, 15) is 4.79 Å². The molecule has 5 heteroatoms. The number of amides is 1. The number of thiocarbonyl (C=S) groups is 1. The summed E-state index contributed by atoms with van der Waals surface area (Å²) in [5.41, 5.74) is 8.48. The van der Waals surface area contributed by atoms with Crippen molar-refractivity contribution in [2.45, 2.75) is 13.8 Å². The van der Waals surface area contributed by atoms with E-state index in [0.717, 1.165) is 11.3 Å². The maximum absolute atomic E-state index is 11.6. The zero-order valence-electron chi connectivity index (χ0n) is 9.95. The lowest BCUT2D eigenvalue weighted by Crippen LogP contribution is -2.17. The number of benzene rings is 1. The third-order valence-corrected chi connectivity index (χ3v) is 3.66. The average Bonchev–Trinajstić information content (AvgIpc) is 2.24. The van der Waals surface area contributed by atoms with Crippen LogP contribution < -0.4 is 11.1 Å². The topological polar surface area (TPSA) is 55.1 Å². The predicted molar refractivity (Wildman–Crippen MR) is 78.7 cm³/mol. The normalized spacial score (nSPS) is 10.0. The molecule has 0 fully saturated rings. The summed E-state index contributed by atoms with van der Waals surface area (Å²) in [7, 11) is 0. The first-order valence-corrected chi connectivity index (χ1v) is 6.79.